The molecule has 4 aliphatic carbocycles. The molecule has 28 heavy (non-hydrogen) atoms. The fourth-order valence-electron chi connectivity index (χ4n) is 6.77. The van der Waals surface area contributed by atoms with Crippen molar-refractivity contribution in [3.63, 3.8) is 0 Å². The molecular formula is C22H26ClFN2O2. The maximum Gasteiger partial charge on any atom is 0.247 e. The van der Waals surface area contributed by atoms with Gasteiger partial charge in [0.05, 0.1) is 11.1 Å². The van der Waals surface area contributed by atoms with E-state index in [0.29, 0.717) is 30.7 Å². The summed E-state index contributed by atoms with van der Waals surface area (Å²) in [7, 11) is 0. The van der Waals surface area contributed by atoms with Crippen molar-refractivity contribution in [1.29, 1.82) is 0 Å². The summed E-state index contributed by atoms with van der Waals surface area (Å²) >= 11 is 5.79. The highest BCUT2D eigenvalue weighted by molar-refractivity contribution is 6.30. The van der Waals surface area contributed by atoms with E-state index >= 15 is 0 Å². The van der Waals surface area contributed by atoms with Crippen molar-refractivity contribution >= 4 is 29.1 Å². The molecule has 5 fully saturated rings. The fourth-order valence-corrected chi connectivity index (χ4v) is 6.93. The molecule has 1 aromatic carbocycles. The molecule has 1 atom stereocenters. The molecule has 0 aromatic heterocycles. The molecule has 2 amide bonds. The number of carbonyl (C=O) groups is 2. The van der Waals surface area contributed by atoms with Gasteiger partial charge in [-0.1, -0.05) is 11.6 Å². The second kappa shape index (κ2) is 6.72. The van der Waals surface area contributed by atoms with Crippen molar-refractivity contribution in [3.8, 4) is 0 Å². The van der Waals surface area contributed by atoms with Gasteiger partial charge in [-0.05, 0) is 87.3 Å². The lowest BCUT2D eigenvalue weighted by molar-refractivity contribution is -0.160. The van der Waals surface area contributed by atoms with Crippen LogP contribution in [0.1, 0.15) is 51.4 Å². The standard InChI is InChI=1S/C22H26ClFN2O2/c23-16-3-4-18(17(24)9-16)25-20(27)19-2-1-5-26(19)21(28)22-10-13-6-14(11-22)8-15(7-13)12-22/h3-4,9,13-15,19H,1-2,5-8,10-12H2,(H,25,27). The van der Waals surface area contributed by atoms with E-state index < -0.39 is 11.9 Å². The third-order valence-electron chi connectivity index (χ3n) is 7.50. The highest BCUT2D eigenvalue weighted by Crippen LogP contribution is 2.60. The summed E-state index contributed by atoms with van der Waals surface area (Å²) in [5.41, 5.74) is -0.133. The summed E-state index contributed by atoms with van der Waals surface area (Å²) in [4.78, 5) is 28.3. The predicted octanol–water partition coefficient (Wildman–Crippen LogP) is 4.63. The van der Waals surface area contributed by atoms with Crippen molar-refractivity contribution in [3.05, 3.63) is 29.0 Å². The van der Waals surface area contributed by atoms with Gasteiger partial charge in [0.2, 0.25) is 11.8 Å². The molecule has 0 spiro atoms. The third-order valence-corrected chi connectivity index (χ3v) is 7.73. The van der Waals surface area contributed by atoms with Crippen LogP contribution < -0.4 is 5.32 Å². The van der Waals surface area contributed by atoms with Crippen molar-refractivity contribution in [1.82, 2.24) is 4.90 Å². The number of benzene rings is 1. The zero-order valence-electron chi connectivity index (χ0n) is 15.9. The smallest absolute Gasteiger partial charge is 0.247 e. The monoisotopic (exact) mass is 404 g/mol. The maximum atomic E-state index is 14.1. The summed E-state index contributed by atoms with van der Waals surface area (Å²) in [5.74, 6) is 1.39. The fraction of sp³-hybridized carbons (Fsp3) is 0.636. The van der Waals surface area contributed by atoms with Crippen LogP contribution in [-0.4, -0.2) is 29.3 Å². The van der Waals surface area contributed by atoms with Gasteiger partial charge in [0, 0.05) is 11.6 Å². The number of hydrogen-bond acceptors (Lipinski definition) is 2. The normalized spacial score (nSPS) is 36.0. The Morgan fingerprint density at radius 3 is 2.36 bits per heavy atom. The number of rotatable bonds is 3. The average molecular weight is 405 g/mol. The summed E-state index contributed by atoms with van der Waals surface area (Å²) in [5, 5.41) is 2.96. The first kappa shape index (κ1) is 18.4. The molecule has 4 nitrogen and oxygen atoms in total. The van der Waals surface area contributed by atoms with Gasteiger partial charge in [-0.25, -0.2) is 4.39 Å². The van der Waals surface area contributed by atoms with Crippen molar-refractivity contribution in [2.75, 3.05) is 11.9 Å². The molecule has 5 aliphatic rings. The van der Waals surface area contributed by atoms with Gasteiger partial charge in [0.1, 0.15) is 11.9 Å². The minimum absolute atomic E-state index is 0.114. The van der Waals surface area contributed by atoms with Crippen LogP contribution in [0.25, 0.3) is 0 Å². The van der Waals surface area contributed by atoms with Gasteiger partial charge in [0.25, 0.3) is 0 Å². The van der Waals surface area contributed by atoms with Crippen molar-refractivity contribution < 1.29 is 14.0 Å². The van der Waals surface area contributed by atoms with E-state index in [1.807, 2.05) is 0 Å². The maximum absolute atomic E-state index is 14.1. The van der Waals surface area contributed by atoms with E-state index in [0.717, 1.165) is 25.7 Å². The van der Waals surface area contributed by atoms with E-state index in [1.165, 1.54) is 31.4 Å². The number of nitrogens with one attached hydrogen (secondary N) is 1. The molecule has 1 unspecified atom stereocenters. The molecule has 1 N–H and O–H groups in total. The zero-order valence-corrected chi connectivity index (χ0v) is 16.7. The molecule has 150 valence electrons. The van der Waals surface area contributed by atoms with Crippen LogP contribution in [0.2, 0.25) is 5.02 Å². The number of carbonyl (C=O) groups excluding carboxylic acids is 2. The first-order chi connectivity index (χ1) is 13.4. The minimum Gasteiger partial charge on any atom is -0.330 e. The first-order valence-electron chi connectivity index (χ1n) is 10.5. The summed E-state index contributed by atoms with van der Waals surface area (Å²) in [6.45, 7) is 0.627. The molecule has 1 aromatic rings. The van der Waals surface area contributed by atoms with E-state index in [-0.39, 0.29) is 27.9 Å². The minimum atomic E-state index is -0.558. The summed E-state index contributed by atoms with van der Waals surface area (Å²) in [6.07, 6.45) is 8.29. The largest absolute Gasteiger partial charge is 0.330 e. The topological polar surface area (TPSA) is 49.4 Å². The van der Waals surface area contributed by atoms with Gasteiger partial charge in [-0.15, -0.1) is 0 Å². The van der Waals surface area contributed by atoms with Crippen LogP contribution in [-0.2, 0) is 9.59 Å². The van der Waals surface area contributed by atoms with E-state index in [4.69, 9.17) is 11.6 Å². The van der Waals surface area contributed by atoms with E-state index in [2.05, 4.69) is 5.32 Å². The number of amides is 2. The Balaban J connectivity index is 1.34. The quantitative estimate of drug-likeness (QED) is 0.798. The second-order valence-electron chi connectivity index (χ2n) is 9.47. The highest BCUT2D eigenvalue weighted by Gasteiger charge is 2.56. The molecule has 1 saturated heterocycles. The average Bonchev–Trinajstić information content (AvgIpc) is 3.12. The predicted molar refractivity (Wildman–Crippen MR) is 105 cm³/mol. The van der Waals surface area contributed by atoms with Crippen LogP contribution >= 0.6 is 11.6 Å². The molecular weight excluding hydrogens is 379 g/mol. The molecule has 1 heterocycles. The van der Waals surface area contributed by atoms with Crippen LogP contribution in [0.3, 0.4) is 0 Å². The molecule has 6 heteroatoms. The lowest BCUT2D eigenvalue weighted by atomic mass is 9.49. The molecule has 1 aliphatic heterocycles. The van der Waals surface area contributed by atoms with Crippen LogP contribution in [0.4, 0.5) is 10.1 Å². The molecule has 4 bridgehead atoms. The number of nitrogens with zero attached hydrogens (tertiary/aromatic N) is 1. The number of hydrogen-bond donors (Lipinski definition) is 1. The van der Waals surface area contributed by atoms with Crippen LogP contribution in [0.15, 0.2) is 18.2 Å². The number of likely N-dealkylation sites (tertiary alicyclic amines) is 1. The second-order valence-corrected chi connectivity index (χ2v) is 9.90. The SMILES string of the molecule is O=C(Nc1ccc(Cl)cc1F)C1CCCN1C(=O)C12CC3CC(CC(C3)C1)C2. The number of anilines is 1. The Bertz CT molecular complexity index is 791. The zero-order chi connectivity index (χ0) is 19.5. The van der Waals surface area contributed by atoms with Gasteiger partial charge in [0.15, 0.2) is 0 Å². The Kier molecular flexibility index (Phi) is 4.42. The summed E-state index contributed by atoms with van der Waals surface area (Å²) < 4.78 is 14.1. The molecule has 6 rings (SSSR count). The Hall–Kier alpha value is -1.62. The van der Waals surface area contributed by atoms with Gasteiger partial charge in [-0.3, -0.25) is 9.59 Å². The lowest BCUT2D eigenvalue weighted by Gasteiger charge is -2.56. The van der Waals surface area contributed by atoms with Crippen LogP contribution in [0, 0.1) is 29.0 Å². The molecule has 0 radical (unpaired) electrons. The van der Waals surface area contributed by atoms with Crippen LogP contribution in [0.5, 0.6) is 0 Å². The highest BCUT2D eigenvalue weighted by atomic mass is 35.5. The van der Waals surface area contributed by atoms with Gasteiger partial charge in [-0.2, -0.15) is 0 Å². The van der Waals surface area contributed by atoms with Crippen molar-refractivity contribution in [2.24, 2.45) is 23.2 Å². The Morgan fingerprint density at radius 1 is 1.11 bits per heavy atom. The van der Waals surface area contributed by atoms with Gasteiger partial charge >= 0.3 is 0 Å². The Morgan fingerprint density at radius 2 is 1.75 bits per heavy atom. The van der Waals surface area contributed by atoms with E-state index in [1.54, 1.807) is 11.0 Å². The van der Waals surface area contributed by atoms with E-state index in [9.17, 15) is 14.0 Å². The number of halogens is 2. The lowest BCUT2D eigenvalue weighted by Crippen LogP contribution is -2.56. The first-order valence-corrected chi connectivity index (χ1v) is 10.9. The summed E-state index contributed by atoms with van der Waals surface area (Å²) in [6, 6.07) is 3.70. The van der Waals surface area contributed by atoms with Crippen molar-refractivity contribution in [2.45, 2.75) is 57.4 Å². The Labute approximate surface area is 169 Å². The van der Waals surface area contributed by atoms with Gasteiger partial charge < -0.3 is 10.2 Å². The molecule has 4 saturated carbocycles. The third kappa shape index (κ3) is 3.02.